The van der Waals surface area contributed by atoms with Crippen molar-refractivity contribution in [1.29, 1.82) is 0 Å². The molecule has 0 bridgehead atoms. The fourth-order valence-electron chi connectivity index (χ4n) is 2.32. The number of hydrogen-bond donors (Lipinski definition) is 3. The van der Waals surface area contributed by atoms with Gasteiger partial charge in [-0.1, -0.05) is 24.1 Å². The van der Waals surface area contributed by atoms with Crippen molar-refractivity contribution in [3.8, 4) is 18.1 Å². The third-order valence-electron chi connectivity index (χ3n) is 3.65. The van der Waals surface area contributed by atoms with E-state index in [4.69, 9.17) is 22.0 Å². The molecule has 0 saturated carbocycles. The molecule has 5 heteroatoms. The number of nitrogen functional groups attached to an aromatic ring is 1. The third kappa shape index (κ3) is 4.43. The maximum Gasteiger partial charge on any atom is 0.304 e. The molecule has 0 amide bonds. The lowest BCUT2D eigenvalue weighted by molar-refractivity contribution is -0.137. The molecule has 0 heterocycles. The van der Waals surface area contributed by atoms with E-state index in [1.165, 1.54) is 0 Å². The first-order valence-corrected chi connectivity index (χ1v) is 7.50. The van der Waals surface area contributed by atoms with Gasteiger partial charge in [-0.2, -0.15) is 0 Å². The molecule has 24 heavy (non-hydrogen) atoms. The minimum atomic E-state index is -0.915. The molecule has 124 valence electrons. The van der Waals surface area contributed by atoms with Crippen LogP contribution in [0.4, 0.5) is 11.4 Å². The van der Waals surface area contributed by atoms with E-state index in [1.54, 1.807) is 24.3 Å². The molecular weight excluding hydrogens is 304 g/mol. The number of carboxylic acid groups (broad SMARTS) is 1. The summed E-state index contributed by atoms with van der Waals surface area (Å²) >= 11 is 0. The summed E-state index contributed by atoms with van der Waals surface area (Å²) in [5.74, 6) is 1.84. The highest BCUT2D eigenvalue weighted by molar-refractivity contribution is 5.69. The van der Waals surface area contributed by atoms with Crippen LogP contribution in [0.2, 0.25) is 0 Å². The van der Waals surface area contributed by atoms with Gasteiger partial charge in [0.15, 0.2) is 0 Å². The van der Waals surface area contributed by atoms with E-state index in [0.717, 1.165) is 16.8 Å². The maximum atomic E-state index is 10.8. The van der Waals surface area contributed by atoms with Gasteiger partial charge in [0.05, 0.1) is 23.7 Å². The molecule has 0 unspecified atom stereocenters. The molecule has 0 fully saturated rings. The molecule has 0 aromatic heterocycles. The van der Waals surface area contributed by atoms with Crippen LogP contribution in [0.15, 0.2) is 42.5 Å². The molecule has 2 aromatic carbocycles. The first kappa shape index (κ1) is 17.2. The van der Waals surface area contributed by atoms with E-state index in [9.17, 15) is 4.79 Å². The SMILES string of the molecule is C#C[C@@H](CC(=O)O)c1ccc(OCc2ccc(N)c(NC)c2)cc1. The standard InChI is InChI=1S/C19H20N2O3/c1-3-14(11-19(22)23)15-5-7-16(8-6-15)24-12-13-4-9-17(20)18(10-13)21-2/h1,4-10,14,21H,11-12,20H2,2H3,(H,22,23)/t14-/m0/s1. The summed E-state index contributed by atoms with van der Waals surface area (Å²) in [7, 11) is 1.81. The third-order valence-corrected chi connectivity index (χ3v) is 3.65. The summed E-state index contributed by atoms with van der Waals surface area (Å²) in [5, 5.41) is 11.9. The molecule has 0 saturated heterocycles. The summed E-state index contributed by atoms with van der Waals surface area (Å²) in [4.78, 5) is 10.8. The van der Waals surface area contributed by atoms with Crippen LogP contribution in [0.1, 0.15) is 23.5 Å². The predicted octanol–water partition coefficient (Wildman–Crippen LogP) is 3.08. The van der Waals surface area contributed by atoms with Crippen LogP contribution in [0.5, 0.6) is 5.75 Å². The molecule has 1 atom stereocenters. The maximum absolute atomic E-state index is 10.8. The van der Waals surface area contributed by atoms with E-state index in [1.807, 2.05) is 25.2 Å². The number of terminal acetylenes is 1. The van der Waals surface area contributed by atoms with Crippen molar-refractivity contribution in [2.45, 2.75) is 18.9 Å². The number of benzene rings is 2. The zero-order valence-corrected chi connectivity index (χ0v) is 13.5. The Morgan fingerprint density at radius 1 is 1.33 bits per heavy atom. The van der Waals surface area contributed by atoms with Gasteiger partial charge in [-0.3, -0.25) is 4.79 Å². The van der Waals surface area contributed by atoms with Crippen molar-refractivity contribution < 1.29 is 14.6 Å². The Balaban J connectivity index is 2.01. The Hall–Kier alpha value is -3.13. The van der Waals surface area contributed by atoms with Crippen molar-refractivity contribution in [1.82, 2.24) is 0 Å². The Kier molecular flexibility index (Phi) is 5.69. The van der Waals surface area contributed by atoms with Crippen LogP contribution in [0.3, 0.4) is 0 Å². The number of nitrogens with two attached hydrogens (primary N) is 1. The summed E-state index contributed by atoms with van der Waals surface area (Å²) < 4.78 is 5.74. The summed E-state index contributed by atoms with van der Waals surface area (Å²) in [6, 6.07) is 12.8. The topological polar surface area (TPSA) is 84.6 Å². The molecule has 5 nitrogen and oxygen atoms in total. The van der Waals surface area contributed by atoms with Gasteiger partial charge in [-0.05, 0) is 35.4 Å². The molecule has 2 rings (SSSR count). The van der Waals surface area contributed by atoms with Crippen LogP contribution in [-0.4, -0.2) is 18.1 Å². The fourth-order valence-corrected chi connectivity index (χ4v) is 2.32. The average Bonchev–Trinajstić information content (AvgIpc) is 2.59. The molecular formula is C19H20N2O3. The summed E-state index contributed by atoms with van der Waals surface area (Å²) in [6.07, 6.45) is 5.32. The lowest BCUT2D eigenvalue weighted by Crippen LogP contribution is -2.04. The summed E-state index contributed by atoms with van der Waals surface area (Å²) in [6.45, 7) is 0.405. The Bertz CT molecular complexity index is 748. The van der Waals surface area contributed by atoms with Crippen LogP contribution in [0.25, 0.3) is 0 Å². The number of rotatable bonds is 7. The van der Waals surface area contributed by atoms with Gasteiger partial charge >= 0.3 is 5.97 Å². The second kappa shape index (κ2) is 7.93. The number of hydrogen-bond acceptors (Lipinski definition) is 4. The van der Waals surface area contributed by atoms with Gasteiger partial charge in [0.25, 0.3) is 0 Å². The number of carboxylic acids is 1. The summed E-state index contributed by atoms with van der Waals surface area (Å²) in [5.41, 5.74) is 9.16. The van der Waals surface area contributed by atoms with Gasteiger partial charge in [0.1, 0.15) is 12.4 Å². The number of nitrogens with one attached hydrogen (secondary N) is 1. The zero-order valence-electron chi connectivity index (χ0n) is 13.5. The number of anilines is 2. The van der Waals surface area contributed by atoms with Crippen molar-refractivity contribution in [2.75, 3.05) is 18.1 Å². The second-order valence-electron chi connectivity index (χ2n) is 5.35. The normalized spacial score (nSPS) is 11.3. The van der Waals surface area contributed by atoms with Crippen LogP contribution < -0.4 is 15.8 Å². The quantitative estimate of drug-likeness (QED) is 0.538. The van der Waals surface area contributed by atoms with Gasteiger partial charge in [0.2, 0.25) is 0 Å². The zero-order chi connectivity index (χ0) is 17.5. The monoisotopic (exact) mass is 324 g/mol. The smallest absolute Gasteiger partial charge is 0.304 e. The molecule has 0 aliphatic rings. The average molecular weight is 324 g/mol. The minimum Gasteiger partial charge on any atom is -0.489 e. The van der Waals surface area contributed by atoms with E-state index < -0.39 is 11.9 Å². The molecule has 2 aromatic rings. The Labute approximate surface area is 141 Å². The molecule has 0 aliphatic heterocycles. The lowest BCUT2D eigenvalue weighted by atomic mass is 9.97. The first-order valence-electron chi connectivity index (χ1n) is 7.50. The van der Waals surface area contributed by atoms with Crippen molar-refractivity contribution >= 4 is 17.3 Å². The molecule has 0 radical (unpaired) electrons. The number of ether oxygens (including phenoxy) is 1. The molecule has 0 aliphatic carbocycles. The van der Waals surface area contributed by atoms with Gasteiger partial charge < -0.3 is 20.9 Å². The number of aliphatic carboxylic acids is 1. The van der Waals surface area contributed by atoms with Crippen molar-refractivity contribution in [3.63, 3.8) is 0 Å². The predicted molar refractivity (Wildman–Crippen MR) is 95.0 cm³/mol. The Morgan fingerprint density at radius 3 is 2.62 bits per heavy atom. The number of carbonyl (C=O) groups is 1. The van der Waals surface area contributed by atoms with E-state index in [0.29, 0.717) is 18.0 Å². The lowest BCUT2D eigenvalue weighted by Gasteiger charge is -2.12. The second-order valence-corrected chi connectivity index (χ2v) is 5.35. The van der Waals surface area contributed by atoms with E-state index >= 15 is 0 Å². The Morgan fingerprint density at radius 2 is 2.04 bits per heavy atom. The van der Waals surface area contributed by atoms with Gasteiger partial charge in [-0.15, -0.1) is 6.42 Å². The van der Waals surface area contributed by atoms with Crippen LogP contribution >= 0.6 is 0 Å². The minimum absolute atomic E-state index is 0.0884. The van der Waals surface area contributed by atoms with Gasteiger partial charge in [0, 0.05) is 7.05 Å². The fraction of sp³-hybridized carbons (Fsp3) is 0.211. The van der Waals surface area contributed by atoms with Crippen LogP contribution in [0, 0.1) is 12.3 Å². The first-order chi connectivity index (χ1) is 11.5. The highest BCUT2D eigenvalue weighted by atomic mass is 16.5. The molecule has 4 N–H and O–H groups in total. The van der Waals surface area contributed by atoms with E-state index in [-0.39, 0.29) is 6.42 Å². The largest absolute Gasteiger partial charge is 0.489 e. The van der Waals surface area contributed by atoms with Crippen molar-refractivity contribution in [3.05, 3.63) is 53.6 Å². The van der Waals surface area contributed by atoms with Crippen molar-refractivity contribution in [2.24, 2.45) is 0 Å². The van der Waals surface area contributed by atoms with Crippen LogP contribution in [-0.2, 0) is 11.4 Å². The van der Waals surface area contributed by atoms with Gasteiger partial charge in [-0.25, -0.2) is 0 Å². The molecule has 0 spiro atoms. The van der Waals surface area contributed by atoms with E-state index in [2.05, 4.69) is 11.2 Å². The highest BCUT2D eigenvalue weighted by Gasteiger charge is 2.12. The highest BCUT2D eigenvalue weighted by Crippen LogP contribution is 2.24.